The first kappa shape index (κ1) is 58.1. The van der Waals surface area contributed by atoms with E-state index in [4.69, 9.17) is 0 Å². The maximum absolute atomic E-state index is 2.31. The van der Waals surface area contributed by atoms with E-state index in [0.29, 0.717) is 0 Å². The number of halogens is 2. The zero-order valence-electron chi connectivity index (χ0n) is 39.1. The van der Waals surface area contributed by atoms with Gasteiger partial charge < -0.3 is 24.8 Å². The second-order valence-corrected chi connectivity index (χ2v) is 35.1. The standard InChI is InChI=1S/4C13H15.2C2H6Si.2ClH.2Zr/c4*1-2-3-6-11-9-12-7-4-5-8-13(12)10-11;2*1-3-2;;;;/h4*4-5,7-10H,2-3,6H2,1H3;2*1-2H3;2*1H;;/q4*-1;;;;;2*+2/p-2. The van der Waals surface area contributed by atoms with Crippen LogP contribution in [-0.4, -0.2) is 10.9 Å². The topological polar surface area (TPSA) is 0 Å². The van der Waals surface area contributed by atoms with Gasteiger partial charge in [-0.05, 0) is 25.7 Å². The fourth-order valence-corrected chi connectivity index (χ4v) is 6.96. The molecule has 0 bridgehead atoms. The molecular formula is C56H72Cl2Si2Zr2-2. The van der Waals surface area contributed by atoms with Crippen LogP contribution in [0.3, 0.4) is 0 Å². The summed E-state index contributed by atoms with van der Waals surface area (Å²) in [5.74, 6) is 0. The number of hydrogen-bond acceptors (Lipinski definition) is 0. The maximum atomic E-state index is 2.31. The quantitative estimate of drug-likeness (QED) is 0.0845. The first-order valence-corrected chi connectivity index (χ1v) is 35.0. The van der Waals surface area contributed by atoms with E-state index in [1.807, 2.05) is 0 Å². The van der Waals surface area contributed by atoms with Crippen molar-refractivity contribution < 1.29 is 71.5 Å². The van der Waals surface area contributed by atoms with Gasteiger partial charge in [-0.25, -0.2) is 0 Å². The third-order valence-electron chi connectivity index (χ3n) is 9.99. The molecule has 0 radical (unpaired) electrons. The van der Waals surface area contributed by atoms with Crippen molar-refractivity contribution in [2.75, 3.05) is 0 Å². The van der Waals surface area contributed by atoms with Crippen LogP contribution in [-0.2, 0) is 72.4 Å². The van der Waals surface area contributed by atoms with Crippen molar-refractivity contribution >= 4 is 54.0 Å². The fourth-order valence-electron chi connectivity index (χ4n) is 6.96. The van der Waals surface area contributed by atoms with Gasteiger partial charge >= 0.3 is 83.7 Å². The first-order chi connectivity index (χ1) is 29.1. The van der Waals surface area contributed by atoms with Crippen LogP contribution >= 0.6 is 0 Å². The van der Waals surface area contributed by atoms with Gasteiger partial charge in [-0.2, -0.15) is 24.3 Å². The minimum Gasteiger partial charge on any atom is -1.00 e. The van der Waals surface area contributed by atoms with Crippen molar-refractivity contribution in [3.63, 3.8) is 0 Å². The van der Waals surface area contributed by atoms with E-state index in [-0.39, 0.29) is 35.7 Å². The summed E-state index contributed by atoms with van der Waals surface area (Å²) in [6, 6.07) is 52.8. The van der Waals surface area contributed by atoms with Gasteiger partial charge in [0, 0.05) is 0 Å². The molecule has 0 aliphatic heterocycles. The van der Waals surface area contributed by atoms with Crippen molar-refractivity contribution in [2.45, 2.75) is 131 Å². The third-order valence-corrected chi connectivity index (χ3v) is 9.99. The number of rotatable bonds is 12. The predicted octanol–water partition coefficient (Wildman–Crippen LogP) is 11.2. The molecular weight excluding hydrogens is 982 g/mol. The van der Waals surface area contributed by atoms with Gasteiger partial charge in [0.05, 0.1) is 0 Å². The van der Waals surface area contributed by atoms with E-state index < -0.39 is 0 Å². The third kappa shape index (κ3) is 23.3. The van der Waals surface area contributed by atoms with Crippen LogP contribution in [0, 0.1) is 0 Å². The smallest absolute Gasteiger partial charge is 1.00 e. The molecule has 0 N–H and O–H groups in total. The zero-order chi connectivity index (χ0) is 43.5. The first-order valence-electron chi connectivity index (χ1n) is 22.7. The van der Waals surface area contributed by atoms with E-state index in [1.54, 1.807) is 46.7 Å². The second kappa shape index (κ2) is 34.4. The molecule has 62 heavy (non-hydrogen) atoms. The molecule has 0 heterocycles. The summed E-state index contributed by atoms with van der Waals surface area (Å²) in [6.07, 6.45) is 15.2. The molecule has 8 aromatic rings. The Morgan fingerprint density at radius 1 is 0.355 bits per heavy atom. The summed E-state index contributed by atoms with van der Waals surface area (Å²) in [5, 5.41) is 11.1. The van der Waals surface area contributed by atoms with E-state index >= 15 is 0 Å². The van der Waals surface area contributed by atoms with Gasteiger partial charge in [0.2, 0.25) is 0 Å². The normalized spacial score (nSPS) is 10.0. The number of unbranched alkanes of at least 4 members (excludes halogenated alkanes) is 4. The minimum absolute atomic E-state index is 0. The van der Waals surface area contributed by atoms with E-state index in [9.17, 15) is 0 Å². The summed E-state index contributed by atoms with van der Waals surface area (Å²) < 4.78 is 0. The maximum Gasteiger partial charge on any atom is -1.00 e. The van der Waals surface area contributed by atoms with Gasteiger partial charge in [-0.3, -0.25) is 0 Å². The summed E-state index contributed by atoms with van der Waals surface area (Å²) in [7, 11) is 0. The largest absolute Gasteiger partial charge is 1.00 e. The van der Waals surface area contributed by atoms with Crippen LogP contribution in [0.15, 0.2) is 146 Å². The van der Waals surface area contributed by atoms with Gasteiger partial charge in [0.25, 0.3) is 0 Å². The summed E-state index contributed by atoms with van der Waals surface area (Å²) in [4.78, 5) is 0. The number of fused-ring (bicyclic) bond motifs is 4. The minimum atomic E-state index is 0. The Morgan fingerprint density at radius 3 is 0.694 bits per heavy atom. The molecule has 0 aliphatic carbocycles. The molecule has 0 aromatic heterocycles. The van der Waals surface area contributed by atoms with Gasteiger partial charge in [-0.1, -0.05) is 103 Å². The average molecular weight is 1050 g/mol. The van der Waals surface area contributed by atoms with Crippen molar-refractivity contribution in [1.29, 1.82) is 0 Å². The Hall–Kier alpha value is -1.90. The molecule has 0 saturated heterocycles. The Morgan fingerprint density at radius 2 is 0.532 bits per heavy atom. The van der Waals surface area contributed by atoms with Crippen molar-refractivity contribution in [1.82, 2.24) is 0 Å². The van der Waals surface area contributed by atoms with E-state index in [1.165, 1.54) is 142 Å². The van der Waals surface area contributed by atoms with Crippen molar-refractivity contribution in [2.24, 2.45) is 0 Å². The average Bonchev–Trinajstić information content (AvgIpc) is 4.04. The summed E-state index contributed by atoms with van der Waals surface area (Å²) >= 11 is 3.48. The zero-order valence-corrected chi connectivity index (χ0v) is 47.5. The predicted molar refractivity (Wildman–Crippen MR) is 268 cm³/mol. The molecule has 328 valence electrons. The number of benzene rings is 4. The Kier molecular flexibility index (Phi) is 32.3. The van der Waals surface area contributed by atoms with Crippen LogP contribution in [0.4, 0.5) is 0 Å². The summed E-state index contributed by atoms with van der Waals surface area (Å²) in [5.41, 5.74) is 6.38. The second-order valence-electron chi connectivity index (χ2n) is 16.4. The SMILES string of the molecule is CCCCc1cc2ccccc2[cH-]1.CCCCc1cc2ccccc2[cH-]1.CCCCc1cc2ccccc2[cH-]1.CCCCc1cc2ccccc2[cH-]1.C[Si](C)=[Zr+2].C[Si](C)=[Zr+2].[Cl-].[Cl-]. The molecule has 0 aliphatic rings. The van der Waals surface area contributed by atoms with Crippen LogP contribution in [0.25, 0.3) is 43.1 Å². The fraction of sp³-hybridized carbons (Fsp3) is 0.357. The molecule has 8 rings (SSSR count). The van der Waals surface area contributed by atoms with Crippen molar-refractivity contribution in [3.8, 4) is 0 Å². The van der Waals surface area contributed by atoms with Crippen LogP contribution < -0.4 is 24.8 Å². The Bertz CT molecular complexity index is 1930. The van der Waals surface area contributed by atoms with Crippen LogP contribution in [0.5, 0.6) is 0 Å². The molecule has 8 aromatic carbocycles. The molecule has 0 atom stereocenters. The molecule has 0 nitrogen and oxygen atoms in total. The summed E-state index contributed by atoms with van der Waals surface area (Å²) in [6.45, 7) is 18.2. The van der Waals surface area contributed by atoms with E-state index in [2.05, 4.69) is 199 Å². The molecule has 0 fully saturated rings. The Labute approximate surface area is 420 Å². The molecule has 0 saturated carbocycles. The van der Waals surface area contributed by atoms with Crippen molar-refractivity contribution in [3.05, 3.63) is 168 Å². The van der Waals surface area contributed by atoms with Gasteiger partial charge in [0.15, 0.2) is 0 Å². The number of aryl methyl sites for hydroxylation is 4. The molecule has 0 amide bonds. The van der Waals surface area contributed by atoms with Gasteiger partial charge in [-0.15, -0.1) is 162 Å². The molecule has 0 spiro atoms. The molecule has 0 unspecified atom stereocenters. The van der Waals surface area contributed by atoms with E-state index in [0.717, 1.165) is 0 Å². The Balaban J connectivity index is 0.000000386. The number of hydrogen-bond donors (Lipinski definition) is 0. The molecule has 6 heteroatoms. The monoisotopic (exact) mass is 1050 g/mol. The van der Waals surface area contributed by atoms with Crippen LogP contribution in [0.1, 0.15) is 101 Å². The van der Waals surface area contributed by atoms with Gasteiger partial charge in [0.1, 0.15) is 0 Å². The van der Waals surface area contributed by atoms with Crippen LogP contribution in [0.2, 0.25) is 26.2 Å².